The Labute approximate surface area is 154 Å². The third-order valence-corrected chi connectivity index (χ3v) is 7.23. The van der Waals surface area contributed by atoms with Crippen molar-refractivity contribution in [2.75, 3.05) is 39.4 Å². The van der Waals surface area contributed by atoms with E-state index in [2.05, 4.69) is 20.2 Å². The highest BCUT2D eigenvalue weighted by Crippen LogP contribution is 2.42. The molecule has 0 aliphatic carbocycles. The predicted molar refractivity (Wildman–Crippen MR) is 98.4 cm³/mol. The zero-order valence-corrected chi connectivity index (χ0v) is 15.8. The van der Waals surface area contributed by atoms with Crippen LogP contribution in [-0.2, 0) is 16.1 Å². The molecule has 0 saturated carbocycles. The second-order valence-corrected chi connectivity index (χ2v) is 8.89. The standard InChI is InChI=1S/C19H29N3O2S/c23-18(16-1-12-24-13-2-16)22-10-5-19(6-11-22)3-8-21(9-4-19)15-17-20-7-14-25-17/h7,14,16H,1-6,8-13,15H2. The number of rotatable bonds is 3. The van der Waals surface area contributed by atoms with Gasteiger partial charge in [-0.2, -0.15) is 0 Å². The molecule has 3 saturated heterocycles. The third-order valence-electron chi connectivity index (χ3n) is 6.47. The van der Waals surface area contributed by atoms with Crippen molar-refractivity contribution in [1.82, 2.24) is 14.8 Å². The molecule has 1 aromatic heterocycles. The van der Waals surface area contributed by atoms with E-state index in [9.17, 15) is 4.79 Å². The molecule has 0 bridgehead atoms. The van der Waals surface area contributed by atoms with Crippen molar-refractivity contribution in [1.29, 1.82) is 0 Å². The van der Waals surface area contributed by atoms with Crippen molar-refractivity contribution in [3.05, 3.63) is 16.6 Å². The summed E-state index contributed by atoms with van der Waals surface area (Å²) < 4.78 is 5.40. The van der Waals surface area contributed by atoms with E-state index in [1.165, 1.54) is 43.8 Å². The van der Waals surface area contributed by atoms with Gasteiger partial charge in [0.05, 0.1) is 6.54 Å². The molecule has 138 valence electrons. The predicted octanol–water partition coefficient (Wildman–Crippen LogP) is 2.77. The quantitative estimate of drug-likeness (QED) is 0.828. The summed E-state index contributed by atoms with van der Waals surface area (Å²) >= 11 is 1.75. The maximum atomic E-state index is 12.7. The maximum absolute atomic E-state index is 12.7. The lowest BCUT2D eigenvalue weighted by Crippen LogP contribution is -2.49. The summed E-state index contributed by atoms with van der Waals surface area (Å²) in [5.74, 6) is 0.599. The van der Waals surface area contributed by atoms with Gasteiger partial charge in [-0.25, -0.2) is 4.98 Å². The van der Waals surface area contributed by atoms with Crippen molar-refractivity contribution >= 4 is 17.2 Å². The number of aromatic nitrogens is 1. The van der Waals surface area contributed by atoms with Crippen LogP contribution in [0.25, 0.3) is 0 Å². The smallest absolute Gasteiger partial charge is 0.225 e. The molecule has 1 spiro atoms. The van der Waals surface area contributed by atoms with Crippen molar-refractivity contribution < 1.29 is 9.53 Å². The summed E-state index contributed by atoms with van der Waals surface area (Å²) in [6.07, 6.45) is 8.64. The normalized spacial score (nSPS) is 25.4. The molecule has 1 amide bonds. The Kier molecular flexibility index (Phi) is 5.39. The lowest BCUT2D eigenvalue weighted by atomic mass is 9.71. The monoisotopic (exact) mass is 363 g/mol. The number of likely N-dealkylation sites (tertiary alicyclic amines) is 2. The fourth-order valence-electron chi connectivity index (χ4n) is 4.61. The molecule has 0 atom stereocenters. The van der Waals surface area contributed by atoms with Crippen molar-refractivity contribution in [3.8, 4) is 0 Å². The third kappa shape index (κ3) is 4.07. The van der Waals surface area contributed by atoms with Crippen LogP contribution < -0.4 is 0 Å². The van der Waals surface area contributed by atoms with Crippen LogP contribution in [0.2, 0.25) is 0 Å². The van der Waals surface area contributed by atoms with Crippen LogP contribution in [-0.4, -0.2) is 60.1 Å². The molecule has 4 heterocycles. The van der Waals surface area contributed by atoms with Gasteiger partial charge in [-0.05, 0) is 57.0 Å². The van der Waals surface area contributed by atoms with Crippen molar-refractivity contribution in [3.63, 3.8) is 0 Å². The highest BCUT2D eigenvalue weighted by Gasteiger charge is 2.39. The summed E-state index contributed by atoms with van der Waals surface area (Å²) in [7, 11) is 0. The first-order chi connectivity index (χ1) is 12.2. The van der Waals surface area contributed by atoms with E-state index in [0.717, 1.165) is 45.7 Å². The van der Waals surface area contributed by atoms with Gasteiger partial charge in [-0.3, -0.25) is 9.69 Å². The first-order valence-corrected chi connectivity index (χ1v) is 10.6. The number of hydrogen-bond donors (Lipinski definition) is 0. The van der Waals surface area contributed by atoms with Gasteiger partial charge in [-0.1, -0.05) is 0 Å². The zero-order valence-electron chi connectivity index (χ0n) is 15.0. The van der Waals surface area contributed by atoms with E-state index in [-0.39, 0.29) is 5.92 Å². The number of nitrogens with zero attached hydrogens (tertiary/aromatic N) is 3. The highest BCUT2D eigenvalue weighted by atomic mass is 32.1. The molecular formula is C19H29N3O2S. The van der Waals surface area contributed by atoms with E-state index in [1.54, 1.807) is 11.3 Å². The van der Waals surface area contributed by atoms with Gasteiger partial charge in [0.15, 0.2) is 0 Å². The molecule has 1 aromatic rings. The fourth-order valence-corrected chi connectivity index (χ4v) is 5.27. The van der Waals surface area contributed by atoms with E-state index in [1.807, 2.05) is 6.20 Å². The van der Waals surface area contributed by atoms with Gasteiger partial charge in [0, 0.05) is 43.8 Å². The Hall–Kier alpha value is -0.980. The average molecular weight is 364 g/mol. The lowest BCUT2D eigenvalue weighted by molar-refractivity contribution is -0.141. The van der Waals surface area contributed by atoms with Crippen LogP contribution in [0.1, 0.15) is 43.5 Å². The largest absolute Gasteiger partial charge is 0.381 e. The van der Waals surface area contributed by atoms with Crippen LogP contribution in [0, 0.1) is 11.3 Å². The SMILES string of the molecule is O=C(C1CCOCC1)N1CCC2(CCN(Cc3nccs3)CC2)CC1. The molecule has 0 N–H and O–H groups in total. The number of hydrogen-bond acceptors (Lipinski definition) is 5. The molecule has 6 heteroatoms. The van der Waals surface area contributed by atoms with Crippen LogP contribution in [0.4, 0.5) is 0 Å². The Morgan fingerprint density at radius 1 is 1.16 bits per heavy atom. The van der Waals surface area contributed by atoms with Crippen LogP contribution in [0.3, 0.4) is 0 Å². The van der Waals surface area contributed by atoms with Crippen molar-refractivity contribution in [2.24, 2.45) is 11.3 Å². The van der Waals surface area contributed by atoms with Gasteiger partial charge in [0.2, 0.25) is 5.91 Å². The molecule has 0 aromatic carbocycles. The number of thiazole rings is 1. The van der Waals surface area contributed by atoms with Gasteiger partial charge in [-0.15, -0.1) is 11.3 Å². The Balaban J connectivity index is 1.25. The van der Waals surface area contributed by atoms with Gasteiger partial charge >= 0.3 is 0 Å². The van der Waals surface area contributed by atoms with E-state index >= 15 is 0 Å². The minimum absolute atomic E-state index is 0.211. The second kappa shape index (κ2) is 7.72. The molecule has 4 rings (SSSR count). The van der Waals surface area contributed by atoms with Crippen molar-refractivity contribution in [2.45, 2.75) is 45.1 Å². The molecule has 5 nitrogen and oxygen atoms in total. The molecular weight excluding hydrogens is 334 g/mol. The summed E-state index contributed by atoms with van der Waals surface area (Å²) in [4.78, 5) is 21.8. The lowest BCUT2D eigenvalue weighted by Gasteiger charge is -2.47. The van der Waals surface area contributed by atoms with Gasteiger partial charge < -0.3 is 9.64 Å². The minimum Gasteiger partial charge on any atom is -0.381 e. The number of carbonyl (C=O) groups excluding carboxylic acids is 1. The average Bonchev–Trinajstić information content (AvgIpc) is 3.18. The Bertz CT molecular complexity index is 553. The number of piperidine rings is 2. The first kappa shape index (κ1) is 17.4. The highest BCUT2D eigenvalue weighted by molar-refractivity contribution is 7.09. The molecule has 3 aliphatic rings. The summed E-state index contributed by atoms with van der Waals surface area (Å²) in [5, 5.41) is 3.29. The first-order valence-electron chi connectivity index (χ1n) is 9.71. The molecule has 25 heavy (non-hydrogen) atoms. The van der Waals surface area contributed by atoms with E-state index in [4.69, 9.17) is 4.74 Å². The van der Waals surface area contributed by atoms with E-state index in [0.29, 0.717) is 11.3 Å². The van der Waals surface area contributed by atoms with Gasteiger partial charge in [0.1, 0.15) is 5.01 Å². The molecule has 0 radical (unpaired) electrons. The van der Waals surface area contributed by atoms with Crippen LogP contribution in [0.15, 0.2) is 11.6 Å². The summed E-state index contributed by atoms with van der Waals surface area (Å²) in [5.41, 5.74) is 0.478. The Morgan fingerprint density at radius 3 is 2.48 bits per heavy atom. The van der Waals surface area contributed by atoms with Gasteiger partial charge in [0.25, 0.3) is 0 Å². The van der Waals surface area contributed by atoms with Crippen LogP contribution in [0.5, 0.6) is 0 Å². The molecule has 3 fully saturated rings. The molecule has 0 unspecified atom stereocenters. The Morgan fingerprint density at radius 2 is 1.84 bits per heavy atom. The van der Waals surface area contributed by atoms with E-state index < -0.39 is 0 Å². The number of amides is 1. The molecule has 3 aliphatic heterocycles. The number of carbonyl (C=O) groups is 1. The topological polar surface area (TPSA) is 45.7 Å². The van der Waals surface area contributed by atoms with Crippen LogP contribution >= 0.6 is 11.3 Å². The maximum Gasteiger partial charge on any atom is 0.225 e. The second-order valence-electron chi connectivity index (χ2n) is 7.91. The zero-order chi connectivity index (χ0) is 17.1. The minimum atomic E-state index is 0.211. The summed E-state index contributed by atoms with van der Waals surface area (Å²) in [6.45, 7) is 6.78. The number of ether oxygens (including phenoxy) is 1. The fraction of sp³-hybridized carbons (Fsp3) is 0.789. The summed E-state index contributed by atoms with van der Waals surface area (Å²) in [6, 6.07) is 0.